The van der Waals surface area contributed by atoms with Crippen LogP contribution in [0.2, 0.25) is 0 Å². The molecule has 0 aromatic heterocycles. The molecule has 15 nitrogen and oxygen atoms in total. The van der Waals surface area contributed by atoms with Gasteiger partial charge in [0.2, 0.25) is 11.8 Å². The summed E-state index contributed by atoms with van der Waals surface area (Å²) >= 11 is 0. The van der Waals surface area contributed by atoms with Crippen LogP contribution in [0.5, 0.6) is 0 Å². The van der Waals surface area contributed by atoms with Crippen LogP contribution in [-0.2, 0) is 54.2 Å². The molecule has 3 unspecified atom stereocenters. The van der Waals surface area contributed by atoms with Crippen LogP contribution in [0.4, 0.5) is 0 Å². The van der Waals surface area contributed by atoms with E-state index in [1.807, 2.05) is 24.3 Å². The normalized spacial score (nSPS) is 32.0. The number of esters is 2. The van der Waals surface area contributed by atoms with Crippen molar-refractivity contribution in [2.45, 2.75) is 210 Å². The van der Waals surface area contributed by atoms with E-state index in [1.54, 1.807) is 25.8 Å². The maximum Gasteiger partial charge on any atom is 0.327 e. The summed E-state index contributed by atoms with van der Waals surface area (Å²) in [5, 5.41) is 28.3. The number of fused-ring (bicyclic) bond motifs is 5. The zero-order chi connectivity index (χ0) is 45.1. The van der Waals surface area contributed by atoms with Gasteiger partial charge in [0.1, 0.15) is 41.5 Å². The van der Waals surface area contributed by atoms with Crippen molar-refractivity contribution in [3.8, 4) is 0 Å². The highest BCUT2D eigenvalue weighted by Gasteiger charge is 2.76. The summed E-state index contributed by atoms with van der Waals surface area (Å²) < 4.78 is 31.3. The second kappa shape index (κ2) is 20.0. The molecule has 63 heavy (non-hydrogen) atoms. The van der Waals surface area contributed by atoms with Crippen molar-refractivity contribution in [2.24, 2.45) is 11.3 Å². The molecule has 2 saturated carbocycles. The molecule has 4 N–H and O–H groups in total. The lowest BCUT2D eigenvalue weighted by atomic mass is 9.62. The zero-order valence-corrected chi connectivity index (χ0v) is 38.1. The molecule has 0 radical (unpaired) electrons. The van der Waals surface area contributed by atoms with Gasteiger partial charge in [-0.2, -0.15) is 5.06 Å². The molecule has 1 aromatic carbocycles. The molecule has 6 fully saturated rings. The zero-order valence-electron chi connectivity index (χ0n) is 38.1. The molecule has 1 aromatic rings. The molecule has 15 heteroatoms. The van der Waals surface area contributed by atoms with Gasteiger partial charge >= 0.3 is 11.9 Å². The largest absolute Gasteiger partial charge is 0.460 e. The van der Waals surface area contributed by atoms with Crippen LogP contribution < -0.4 is 10.6 Å². The second-order valence-corrected chi connectivity index (χ2v) is 19.8. The van der Waals surface area contributed by atoms with Gasteiger partial charge in [-0.3, -0.25) is 24.0 Å². The Labute approximate surface area is 372 Å². The molecule has 2 bridgehead atoms. The lowest BCUT2D eigenvalue weighted by Gasteiger charge is -2.49. The molecule has 350 valence electrons. The molecule has 4 heterocycles. The van der Waals surface area contributed by atoms with Crippen molar-refractivity contribution in [3.63, 3.8) is 0 Å². The molecular formula is C48H71N3O12. The summed E-state index contributed by atoms with van der Waals surface area (Å²) in [6.07, 6.45) is 10.5. The van der Waals surface area contributed by atoms with Gasteiger partial charge in [-0.05, 0) is 83.3 Å². The van der Waals surface area contributed by atoms with E-state index in [-0.39, 0.29) is 25.8 Å². The summed E-state index contributed by atoms with van der Waals surface area (Å²) in [5.41, 5.74) is -0.478. The van der Waals surface area contributed by atoms with Crippen LogP contribution in [0.15, 0.2) is 30.3 Å². The van der Waals surface area contributed by atoms with Crippen molar-refractivity contribution in [3.05, 3.63) is 41.5 Å². The van der Waals surface area contributed by atoms with E-state index < -0.39 is 95.8 Å². The molecule has 4 saturated heterocycles. The van der Waals surface area contributed by atoms with E-state index in [0.29, 0.717) is 31.0 Å². The van der Waals surface area contributed by atoms with Gasteiger partial charge in [-0.25, -0.2) is 0 Å². The summed E-state index contributed by atoms with van der Waals surface area (Å²) in [6, 6.07) is 4.31. The number of aliphatic hydroxyl groups excluding tert-OH is 2. The summed E-state index contributed by atoms with van der Waals surface area (Å²) in [4.78, 5) is 63.0. The first-order valence-electron chi connectivity index (χ1n) is 23.6. The van der Waals surface area contributed by atoms with Gasteiger partial charge in [-0.1, -0.05) is 75.9 Å². The van der Waals surface area contributed by atoms with Crippen molar-refractivity contribution in [1.29, 1.82) is 0 Å². The van der Waals surface area contributed by atoms with Crippen LogP contribution >= 0.6 is 0 Å². The molecular weight excluding hydrogens is 811 g/mol. The lowest BCUT2D eigenvalue weighted by molar-refractivity contribution is -0.224. The third kappa shape index (κ3) is 10.7. The Bertz CT molecular complexity index is 1810. The highest BCUT2D eigenvalue weighted by atomic mass is 16.8. The average molecular weight is 882 g/mol. The number of benzene rings is 1. The van der Waals surface area contributed by atoms with Crippen LogP contribution in [0.1, 0.15) is 143 Å². The van der Waals surface area contributed by atoms with Gasteiger partial charge in [0.15, 0.2) is 11.8 Å². The minimum Gasteiger partial charge on any atom is -0.460 e. The molecule has 4 aliphatic heterocycles. The quantitative estimate of drug-likeness (QED) is 0.0719. The number of ether oxygens (including phenoxy) is 5. The molecule has 7 rings (SSSR count). The maximum atomic E-state index is 15.3. The van der Waals surface area contributed by atoms with Crippen molar-refractivity contribution < 1.29 is 57.9 Å². The van der Waals surface area contributed by atoms with E-state index >= 15 is 4.79 Å². The predicted molar refractivity (Wildman–Crippen MR) is 231 cm³/mol. The van der Waals surface area contributed by atoms with Crippen LogP contribution in [0, 0.1) is 11.3 Å². The smallest absolute Gasteiger partial charge is 0.327 e. The number of rotatable bonds is 21. The number of amides is 2. The van der Waals surface area contributed by atoms with E-state index in [4.69, 9.17) is 28.5 Å². The first kappa shape index (κ1) is 47.5. The van der Waals surface area contributed by atoms with Crippen molar-refractivity contribution in [2.75, 3.05) is 6.61 Å². The Morgan fingerprint density at radius 2 is 1.70 bits per heavy atom. The molecule has 2 amide bonds. The molecule has 6 aliphatic rings. The highest BCUT2D eigenvalue weighted by Crippen LogP contribution is 2.58. The third-order valence-corrected chi connectivity index (χ3v) is 13.7. The monoisotopic (exact) mass is 882 g/mol. The predicted octanol–water partition coefficient (Wildman–Crippen LogP) is 5.17. The number of hydroxylamine groups is 2. The van der Waals surface area contributed by atoms with E-state index in [9.17, 15) is 24.6 Å². The fourth-order valence-corrected chi connectivity index (χ4v) is 10.4. The van der Waals surface area contributed by atoms with Crippen molar-refractivity contribution >= 4 is 29.8 Å². The number of carbonyl (C=O) groups excluding carboxylic acids is 4. The molecule has 0 spiro atoms. The molecule has 12 atom stereocenters. The number of allylic oxidation sites excluding steroid dienone is 1. The fraction of sp³-hybridized carbons (Fsp3) is 0.750. The number of hydrogen-bond donors (Lipinski definition) is 4. The van der Waals surface area contributed by atoms with Crippen LogP contribution in [-0.4, -0.2) is 118 Å². The number of hydrogen-bond acceptors (Lipinski definition) is 13. The summed E-state index contributed by atoms with van der Waals surface area (Å²) in [6.45, 7) is 10.6. The Kier molecular flexibility index (Phi) is 15.1. The van der Waals surface area contributed by atoms with Gasteiger partial charge in [0.25, 0.3) is 0 Å². The number of unbranched alkanes of at least 4 members (excludes halogenated alkanes) is 4. The highest BCUT2D eigenvalue weighted by molar-refractivity contribution is 5.96. The van der Waals surface area contributed by atoms with Crippen LogP contribution in [0.25, 0.3) is 6.08 Å². The van der Waals surface area contributed by atoms with Crippen LogP contribution in [0.3, 0.4) is 0 Å². The number of aliphatic hydroxyl groups is 2. The number of nitrogens with one attached hydrogen (secondary N) is 2. The maximum absolute atomic E-state index is 15.3. The summed E-state index contributed by atoms with van der Waals surface area (Å²) in [7, 11) is 0. The molecule has 2 aliphatic carbocycles. The van der Waals surface area contributed by atoms with Gasteiger partial charge in [-0.15, -0.1) is 0 Å². The Hall–Kier alpha value is -3.44. The average Bonchev–Trinajstić information content (AvgIpc) is 3.78. The Morgan fingerprint density at radius 1 is 0.984 bits per heavy atom. The first-order chi connectivity index (χ1) is 30.1. The van der Waals surface area contributed by atoms with Gasteiger partial charge < -0.3 is 44.5 Å². The first-order valence-corrected chi connectivity index (χ1v) is 23.6. The Morgan fingerprint density at radius 3 is 2.37 bits per heavy atom. The van der Waals surface area contributed by atoms with E-state index in [1.165, 1.54) is 6.92 Å². The SMILES string of the molecule is CCCCCC1(CCCCC)O[C@@H]2[C@H](O1)[C@H]1ON(Cc3ccccc3C=CC3CCC4OC4C3)[C@@H]3C(=O)O[C@@H]2C[C@]13C(=O)N[C@@H](C(=O)N[C@H](CO)CCC(=O)OC(C)(C)C)[C@H](C)O. The van der Waals surface area contributed by atoms with Gasteiger partial charge in [0.05, 0.1) is 37.5 Å². The minimum atomic E-state index is -1.61. The Balaban J connectivity index is 1.18. The number of epoxide rings is 1. The second-order valence-electron chi connectivity index (χ2n) is 19.8. The lowest BCUT2D eigenvalue weighted by Crippen LogP contribution is -2.71. The third-order valence-electron chi connectivity index (χ3n) is 13.7. The number of nitrogens with zero attached hydrogens (tertiary/aromatic N) is 1. The van der Waals surface area contributed by atoms with E-state index in [0.717, 1.165) is 68.9 Å². The standard InChI is InChI=1S/C48H71N3O12/c1-7-9-13-23-47(24-14-10-8-2)61-39-36-26-48(45(57)50-38(29(3)53)43(55)49-33(28-52)20-22-37(54)60-46(4,5)6)41(44(56)59-36)51(63-42(48)40(39)62-47)27-32-16-12-11-15-31(32)19-17-30-18-21-34-35(25-30)58-34/h11-12,15-17,19,29-30,33-36,38-42,52-53H,7-10,13-14,18,20-28H2,1-6H3,(H,49,55)(H,50,57)/t29-,30?,33-,34?,35?,36+,38+,39-,40-,41+,42+,48+/m0/s1. The van der Waals surface area contributed by atoms with Gasteiger partial charge in [0, 0.05) is 25.7 Å². The number of carbonyl (C=O) groups is 4. The topological polar surface area (TPSA) is 195 Å². The summed E-state index contributed by atoms with van der Waals surface area (Å²) in [5.74, 6) is -3.13. The fourth-order valence-electron chi connectivity index (χ4n) is 10.4. The minimum absolute atomic E-state index is 0.0394. The van der Waals surface area contributed by atoms with E-state index in [2.05, 4.69) is 36.6 Å². The van der Waals surface area contributed by atoms with Crippen molar-refractivity contribution in [1.82, 2.24) is 15.7 Å².